The van der Waals surface area contributed by atoms with Gasteiger partial charge in [-0.25, -0.2) is 9.82 Å². The van der Waals surface area contributed by atoms with Crippen LogP contribution in [0.5, 0.6) is 5.75 Å². The molecule has 0 aliphatic carbocycles. The minimum absolute atomic E-state index is 0.113. The maximum Gasteiger partial charge on any atom is 0.275 e. The van der Waals surface area contributed by atoms with Crippen molar-refractivity contribution in [2.45, 2.75) is 6.54 Å². The van der Waals surface area contributed by atoms with Gasteiger partial charge in [0.25, 0.3) is 5.91 Å². The Hall–Kier alpha value is -3.41. The highest BCUT2D eigenvalue weighted by Crippen LogP contribution is 2.15. The average Bonchev–Trinajstić information content (AvgIpc) is 3.04. The predicted octanol–water partition coefficient (Wildman–Crippen LogP) is 3.15. The Morgan fingerprint density at radius 2 is 1.88 bits per heavy atom. The summed E-state index contributed by atoms with van der Waals surface area (Å²) in [6.07, 6.45) is 3.28. The van der Waals surface area contributed by atoms with Gasteiger partial charge in [0.15, 0.2) is 0 Å². The lowest BCUT2D eigenvalue weighted by molar-refractivity contribution is 0.0952. The van der Waals surface area contributed by atoms with Crippen LogP contribution >= 0.6 is 0 Å². The molecule has 0 fully saturated rings. The van der Waals surface area contributed by atoms with E-state index in [1.54, 1.807) is 42.6 Å². The molecule has 1 amide bonds. The van der Waals surface area contributed by atoms with Gasteiger partial charge >= 0.3 is 0 Å². The average molecular weight is 337 g/mol. The maximum absolute atomic E-state index is 13.8. The smallest absolute Gasteiger partial charge is 0.275 e. The van der Waals surface area contributed by atoms with Gasteiger partial charge in [-0.1, -0.05) is 30.3 Å². The molecule has 2 N–H and O–H groups in total. The number of phenols is 1. The van der Waals surface area contributed by atoms with E-state index in [9.17, 15) is 14.3 Å². The van der Waals surface area contributed by atoms with Crippen LogP contribution in [0.3, 0.4) is 0 Å². The molecule has 0 saturated carbocycles. The highest BCUT2D eigenvalue weighted by molar-refractivity contribution is 5.97. The number of benzene rings is 2. The Morgan fingerprint density at radius 1 is 1.12 bits per heavy atom. The van der Waals surface area contributed by atoms with Crippen LogP contribution < -0.4 is 5.43 Å². The summed E-state index contributed by atoms with van der Waals surface area (Å²) < 4.78 is 15.6. The second kappa shape index (κ2) is 7.44. The molecule has 0 atom stereocenters. The summed E-state index contributed by atoms with van der Waals surface area (Å²) in [5.41, 5.74) is 3.77. The van der Waals surface area contributed by atoms with E-state index >= 15 is 0 Å². The van der Waals surface area contributed by atoms with Crippen molar-refractivity contribution in [2.24, 2.45) is 5.10 Å². The zero-order chi connectivity index (χ0) is 17.6. The Labute approximate surface area is 144 Å². The number of hydrogen-bond acceptors (Lipinski definition) is 3. The van der Waals surface area contributed by atoms with Crippen LogP contribution in [-0.4, -0.2) is 21.8 Å². The van der Waals surface area contributed by atoms with Gasteiger partial charge in [0.05, 0.1) is 24.0 Å². The molecule has 0 bridgehead atoms. The zero-order valence-corrected chi connectivity index (χ0v) is 13.3. The monoisotopic (exact) mass is 337 g/mol. The summed E-state index contributed by atoms with van der Waals surface area (Å²) in [7, 11) is 0. The second-order valence-corrected chi connectivity index (χ2v) is 5.37. The predicted molar refractivity (Wildman–Crippen MR) is 93.1 cm³/mol. The number of hydrogen-bond donors (Lipinski definition) is 2. The number of nitrogens with one attached hydrogen (secondary N) is 1. The van der Waals surface area contributed by atoms with Crippen molar-refractivity contribution in [3.8, 4) is 5.75 Å². The molecule has 0 aliphatic heterocycles. The number of nitrogens with zero attached hydrogens (tertiary/aromatic N) is 2. The van der Waals surface area contributed by atoms with Gasteiger partial charge in [0.1, 0.15) is 11.6 Å². The molecule has 3 aromatic rings. The summed E-state index contributed by atoms with van der Waals surface area (Å²) in [5, 5.41) is 13.6. The van der Waals surface area contributed by atoms with Crippen LogP contribution in [0.25, 0.3) is 0 Å². The van der Waals surface area contributed by atoms with E-state index in [4.69, 9.17) is 0 Å². The Kier molecular flexibility index (Phi) is 4.89. The first-order valence-electron chi connectivity index (χ1n) is 7.65. The van der Waals surface area contributed by atoms with E-state index < -0.39 is 5.91 Å². The first kappa shape index (κ1) is 16.4. The van der Waals surface area contributed by atoms with E-state index in [1.807, 2.05) is 10.6 Å². The van der Waals surface area contributed by atoms with Crippen LogP contribution in [0.4, 0.5) is 4.39 Å². The number of carbonyl (C=O) groups is 1. The lowest BCUT2D eigenvalue weighted by Gasteiger charge is -2.07. The fourth-order valence-corrected chi connectivity index (χ4v) is 2.38. The number of para-hydroxylation sites is 1. The molecule has 25 heavy (non-hydrogen) atoms. The van der Waals surface area contributed by atoms with E-state index in [2.05, 4.69) is 10.5 Å². The van der Waals surface area contributed by atoms with Crippen molar-refractivity contribution < 1.29 is 14.3 Å². The van der Waals surface area contributed by atoms with Crippen LogP contribution in [-0.2, 0) is 6.54 Å². The fourth-order valence-electron chi connectivity index (χ4n) is 2.38. The molecule has 0 unspecified atom stereocenters. The third-order valence-corrected chi connectivity index (χ3v) is 3.67. The minimum Gasteiger partial charge on any atom is -0.507 e. The number of aromatic nitrogens is 1. The number of carbonyl (C=O) groups excluding carboxylic acids is 1. The van der Waals surface area contributed by atoms with Crippen molar-refractivity contribution in [1.29, 1.82) is 0 Å². The molecule has 2 aromatic carbocycles. The summed E-state index contributed by atoms with van der Waals surface area (Å²) in [6.45, 7) is 0.356. The maximum atomic E-state index is 13.8. The van der Waals surface area contributed by atoms with Gasteiger partial charge in [-0.15, -0.1) is 0 Å². The fraction of sp³-hybridized carbons (Fsp3) is 0.0526. The molecule has 3 rings (SSSR count). The summed E-state index contributed by atoms with van der Waals surface area (Å²) in [4.78, 5) is 12.0. The van der Waals surface area contributed by atoms with Gasteiger partial charge in [-0.05, 0) is 30.3 Å². The van der Waals surface area contributed by atoms with Crippen molar-refractivity contribution in [3.05, 3.63) is 89.5 Å². The first-order chi connectivity index (χ1) is 12.1. The van der Waals surface area contributed by atoms with Gasteiger partial charge in [-0.2, -0.15) is 5.10 Å². The highest BCUT2D eigenvalue weighted by atomic mass is 19.1. The van der Waals surface area contributed by atoms with Crippen LogP contribution in [0, 0.1) is 5.82 Å². The first-order valence-corrected chi connectivity index (χ1v) is 7.65. The molecular formula is C19H16FN3O2. The molecule has 0 saturated heterocycles. The lowest BCUT2D eigenvalue weighted by Crippen LogP contribution is -2.18. The number of aromatic hydroxyl groups is 1. The molecule has 5 nitrogen and oxygen atoms in total. The third kappa shape index (κ3) is 3.92. The minimum atomic E-state index is -0.512. The lowest BCUT2D eigenvalue weighted by atomic mass is 10.2. The van der Waals surface area contributed by atoms with Gasteiger partial charge < -0.3 is 9.67 Å². The Balaban J connectivity index is 1.69. The normalized spacial score (nSPS) is 10.9. The molecule has 0 aliphatic rings. The van der Waals surface area contributed by atoms with Gasteiger partial charge in [0.2, 0.25) is 0 Å². The van der Waals surface area contributed by atoms with E-state index in [0.29, 0.717) is 17.8 Å². The largest absolute Gasteiger partial charge is 0.507 e. The molecule has 1 heterocycles. The quantitative estimate of drug-likeness (QED) is 0.555. The van der Waals surface area contributed by atoms with E-state index in [0.717, 1.165) is 0 Å². The number of halogens is 1. The molecule has 0 radical (unpaired) electrons. The van der Waals surface area contributed by atoms with Crippen LogP contribution in [0.2, 0.25) is 0 Å². The highest BCUT2D eigenvalue weighted by Gasteiger charge is 2.09. The number of phenolic OH excluding ortho intramolecular Hbond substituents is 1. The Bertz CT molecular complexity index is 918. The topological polar surface area (TPSA) is 66.6 Å². The van der Waals surface area contributed by atoms with Crippen LogP contribution in [0.1, 0.15) is 21.6 Å². The standard InChI is InChI=1S/C19H16FN3O2/c20-17-9-3-1-6-14(17)13-23-11-5-7-15(23)12-21-22-19(25)16-8-2-4-10-18(16)24/h1-12,24H,13H2,(H,22,25)/b21-12+. The SMILES string of the molecule is O=C(N/N=C/c1cccn1Cc1ccccc1F)c1ccccc1O. The number of amides is 1. The third-order valence-electron chi connectivity index (χ3n) is 3.67. The molecular weight excluding hydrogens is 321 g/mol. The van der Waals surface area contributed by atoms with Crippen LogP contribution in [0.15, 0.2) is 72.0 Å². The van der Waals surface area contributed by atoms with Gasteiger partial charge in [-0.3, -0.25) is 4.79 Å². The Morgan fingerprint density at radius 3 is 2.68 bits per heavy atom. The summed E-state index contributed by atoms with van der Waals surface area (Å²) >= 11 is 0. The molecule has 6 heteroatoms. The van der Waals surface area contributed by atoms with Gasteiger partial charge in [0, 0.05) is 11.8 Å². The van der Waals surface area contributed by atoms with E-state index in [-0.39, 0.29) is 17.1 Å². The van der Waals surface area contributed by atoms with Crippen molar-refractivity contribution in [1.82, 2.24) is 9.99 Å². The molecule has 0 spiro atoms. The second-order valence-electron chi connectivity index (χ2n) is 5.37. The van der Waals surface area contributed by atoms with Crippen molar-refractivity contribution in [2.75, 3.05) is 0 Å². The molecule has 1 aromatic heterocycles. The summed E-state index contributed by atoms with van der Waals surface area (Å²) in [5.74, 6) is -0.897. The number of hydrazone groups is 1. The van der Waals surface area contributed by atoms with Crippen molar-refractivity contribution in [3.63, 3.8) is 0 Å². The van der Waals surface area contributed by atoms with E-state index in [1.165, 1.54) is 24.4 Å². The number of rotatable bonds is 5. The molecule has 126 valence electrons. The summed E-state index contributed by atoms with van der Waals surface area (Å²) in [6, 6.07) is 16.4. The zero-order valence-electron chi connectivity index (χ0n) is 13.3. The van der Waals surface area contributed by atoms with Crippen molar-refractivity contribution >= 4 is 12.1 Å².